The third-order valence-electron chi connectivity index (χ3n) is 1.84. The van der Waals surface area contributed by atoms with Crippen LogP contribution in [0.25, 0.3) is 11.1 Å². The lowest BCUT2D eigenvalue weighted by Crippen LogP contribution is -1.78. The summed E-state index contributed by atoms with van der Waals surface area (Å²) < 4.78 is 0. The maximum atomic E-state index is 6.05. The summed E-state index contributed by atoms with van der Waals surface area (Å²) in [5.74, 6) is 0. The Morgan fingerprint density at radius 3 is 2.29 bits per heavy atom. The lowest BCUT2D eigenvalue weighted by Gasteiger charge is -2.03. The molecule has 0 aliphatic heterocycles. The molecule has 2 aromatic rings. The van der Waals surface area contributed by atoms with E-state index in [9.17, 15) is 0 Å². The Kier molecular flexibility index (Phi) is 3.03. The summed E-state index contributed by atoms with van der Waals surface area (Å²) in [7, 11) is 0. The monoisotopic (exact) mass is 262 g/mol. The van der Waals surface area contributed by atoms with Crippen molar-refractivity contribution in [2.24, 2.45) is 0 Å². The Morgan fingerprint density at radius 1 is 0.929 bits per heavy atom. The fourth-order valence-electron chi connectivity index (χ4n) is 1.16. The van der Waals surface area contributed by atoms with Gasteiger partial charge in [-0.15, -0.1) is 0 Å². The van der Waals surface area contributed by atoms with E-state index in [-0.39, 0.29) is 0 Å². The van der Waals surface area contributed by atoms with Crippen LogP contribution in [-0.4, -0.2) is 0 Å². The Bertz CT molecular complexity index is 449. The fraction of sp³-hybridized carbons (Fsp3) is 0. The molecule has 0 radical (unpaired) electrons. The van der Waals surface area contributed by atoms with Crippen LogP contribution in [0.5, 0.6) is 0 Å². The molecule has 1 aromatic heterocycles. The second kappa shape index (κ2) is 4.11. The van der Waals surface area contributed by atoms with E-state index in [4.69, 9.17) is 34.8 Å². The van der Waals surface area contributed by atoms with E-state index in [0.717, 1.165) is 11.1 Å². The lowest BCUT2D eigenvalue weighted by molar-refractivity contribution is 1.67. The lowest BCUT2D eigenvalue weighted by atomic mass is 10.1. The van der Waals surface area contributed by atoms with Crippen LogP contribution in [0.1, 0.15) is 0 Å². The molecule has 1 heterocycles. The summed E-state index contributed by atoms with van der Waals surface area (Å²) in [6.45, 7) is 0. The molecule has 0 fully saturated rings. The van der Waals surface area contributed by atoms with Gasteiger partial charge in [0.15, 0.2) is 0 Å². The molecule has 0 atom stereocenters. The summed E-state index contributed by atoms with van der Waals surface area (Å²) in [6.07, 6.45) is 0. The molecule has 0 saturated carbocycles. The first kappa shape index (κ1) is 10.3. The predicted octanol–water partition coefficient (Wildman–Crippen LogP) is 5.38. The fourth-order valence-corrected chi connectivity index (χ4v) is 2.47. The van der Waals surface area contributed by atoms with E-state index >= 15 is 0 Å². The zero-order valence-electron chi connectivity index (χ0n) is 6.93. The van der Waals surface area contributed by atoms with E-state index in [1.807, 2.05) is 16.8 Å². The maximum absolute atomic E-state index is 6.05. The SMILES string of the molecule is Clc1cc(Cl)c(-c2ccsc2)cc1Cl. The molecule has 0 amide bonds. The number of rotatable bonds is 1. The Hall–Kier alpha value is -0.210. The molecule has 1 aromatic carbocycles. The summed E-state index contributed by atoms with van der Waals surface area (Å²) >= 11 is 19.4. The maximum Gasteiger partial charge on any atom is 0.0607 e. The number of halogens is 3. The third-order valence-corrected chi connectivity index (χ3v) is 3.56. The molecule has 0 saturated heterocycles. The van der Waals surface area contributed by atoms with Crippen molar-refractivity contribution in [3.63, 3.8) is 0 Å². The second-order valence-corrected chi connectivity index (χ2v) is 4.76. The largest absolute Gasteiger partial charge is 0.152 e. The van der Waals surface area contributed by atoms with Crippen molar-refractivity contribution in [1.29, 1.82) is 0 Å². The van der Waals surface area contributed by atoms with Gasteiger partial charge in [-0.1, -0.05) is 34.8 Å². The van der Waals surface area contributed by atoms with E-state index in [1.54, 1.807) is 23.5 Å². The number of benzene rings is 1. The van der Waals surface area contributed by atoms with Crippen LogP contribution in [0.2, 0.25) is 15.1 Å². The summed E-state index contributed by atoms with van der Waals surface area (Å²) in [5.41, 5.74) is 1.99. The van der Waals surface area contributed by atoms with Gasteiger partial charge in [0.05, 0.1) is 15.1 Å². The predicted molar refractivity (Wildman–Crippen MR) is 64.8 cm³/mol. The van der Waals surface area contributed by atoms with E-state index in [2.05, 4.69) is 0 Å². The van der Waals surface area contributed by atoms with E-state index in [0.29, 0.717) is 15.1 Å². The van der Waals surface area contributed by atoms with Gasteiger partial charge < -0.3 is 0 Å². The zero-order chi connectivity index (χ0) is 10.1. The van der Waals surface area contributed by atoms with Gasteiger partial charge in [-0.25, -0.2) is 0 Å². The molecule has 4 heteroatoms. The minimum Gasteiger partial charge on any atom is -0.152 e. The van der Waals surface area contributed by atoms with Gasteiger partial charge in [0.1, 0.15) is 0 Å². The van der Waals surface area contributed by atoms with Crippen LogP contribution in [0.4, 0.5) is 0 Å². The molecular formula is C10H5Cl3S. The van der Waals surface area contributed by atoms with Gasteiger partial charge in [0.25, 0.3) is 0 Å². The topological polar surface area (TPSA) is 0 Å². The molecule has 0 aliphatic rings. The standard InChI is InChI=1S/C10H5Cl3S/c11-8-4-10(13)9(12)3-7(8)6-1-2-14-5-6/h1-5H. The van der Waals surface area contributed by atoms with Gasteiger partial charge in [0.2, 0.25) is 0 Å². The van der Waals surface area contributed by atoms with Gasteiger partial charge in [-0.05, 0) is 34.5 Å². The highest BCUT2D eigenvalue weighted by Crippen LogP contribution is 2.35. The van der Waals surface area contributed by atoms with Crippen LogP contribution in [0.15, 0.2) is 29.0 Å². The second-order valence-electron chi connectivity index (χ2n) is 2.76. The van der Waals surface area contributed by atoms with Crippen molar-refractivity contribution in [1.82, 2.24) is 0 Å². The van der Waals surface area contributed by atoms with E-state index < -0.39 is 0 Å². The molecule has 0 spiro atoms. The summed E-state index contributed by atoms with van der Waals surface area (Å²) in [4.78, 5) is 0. The Labute approximate surface area is 101 Å². The average molecular weight is 264 g/mol. The first-order valence-corrected chi connectivity index (χ1v) is 5.93. The highest BCUT2D eigenvalue weighted by molar-refractivity contribution is 7.08. The van der Waals surface area contributed by atoms with Crippen molar-refractivity contribution < 1.29 is 0 Å². The molecule has 0 bridgehead atoms. The van der Waals surface area contributed by atoms with Crippen LogP contribution in [-0.2, 0) is 0 Å². The molecule has 72 valence electrons. The van der Waals surface area contributed by atoms with Crippen molar-refractivity contribution in [3.8, 4) is 11.1 Å². The van der Waals surface area contributed by atoms with E-state index in [1.165, 1.54) is 0 Å². The molecule has 0 aliphatic carbocycles. The molecular weight excluding hydrogens is 259 g/mol. The Balaban J connectivity index is 2.60. The van der Waals surface area contributed by atoms with Gasteiger partial charge in [-0.2, -0.15) is 11.3 Å². The van der Waals surface area contributed by atoms with Gasteiger partial charge >= 0.3 is 0 Å². The van der Waals surface area contributed by atoms with Crippen LogP contribution >= 0.6 is 46.1 Å². The molecule has 2 rings (SSSR count). The molecule has 14 heavy (non-hydrogen) atoms. The summed E-state index contributed by atoms with van der Waals surface area (Å²) in [6, 6.07) is 5.45. The van der Waals surface area contributed by atoms with Crippen LogP contribution in [0.3, 0.4) is 0 Å². The first-order valence-electron chi connectivity index (χ1n) is 3.85. The van der Waals surface area contributed by atoms with Crippen LogP contribution < -0.4 is 0 Å². The minimum atomic E-state index is 0.482. The first-order chi connectivity index (χ1) is 6.68. The Morgan fingerprint density at radius 2 is 1.64 bits per heavy atom. The molecule has 0 nitrogen and oxygen atoms in total. The van der Waals surface area contributed by atoms with Gasteiger partial charge in [0, 0.05) is 5.56 Å². The van der Waals surface area contributed by atoms with Gasteiger partial charge in [-0.3, -0.25) is 0 Å². The smallest absolute Gasteiger partial charge is 0.0607 e. The normalized spacial score (nSPS) is 10.5. The van der Waals surface area contributed by atoms with Crippen molar-refractivity contribution in [3.05, 3.63) is 44.0 Å². The number of hydrogen-bond acceptors (Lipinski definition) is 1. The van der Waals surface area contributed by atoms with Crippen molar-refractivity contribution >= 4 is 46.1 Å². The number of thiophene rings is 1. The molecule has 0 unspecified atom stereocenters. The third kappa shape index (κ3) is 1.91. The average Bonchev–Trinajstić information content (AvgIpc) is 2.64. The number of hydrogen-bond donors (Lipinski definition) is 0. The minimum absolute atomic E-state index is 0.482. The van der Waals surface area contributed by atoms with Crippen molar-refractivity contribution in [2.75, 3.05) is 0 Å². The quantitative estimate of drug-likeness (QED) is 0.606. The zero-order valence-corrected chi connectivity index (χ0v) is 10.0. The molecule has 0 N–H and O–H groups in total. The highest BCUT2D eigenvalue weighted by atomic mass is 35.5. The van der Waals surface area contributed by atoms with Crippen molar-refractivity contribution in [2.45, 2.75) is 0 Å². The highest BCUT2D eigenvalue weighted by Gasteiger charge is 2.07. The summed E-state index contributed by atoms with van der Waals surface area (Å²) in [5, 5.41) is 5.64. The van der Waals surface area contributed by atoms with Crippen LogP contribution in [0, 0.1) is 0 Å².